The molecule has 3 N–H and O–H groups in total. The second kappa shape index (κ2) is 8.86. The summed E-state index contributed by atoms with van der Waals surface area (Å²) in [5, 5.41) is 30.4. The van der Waals surface area contributed by atoms with E-state index in [0.29, 0.717) is 16.3 Å². The van der Waals surface area contributed by atoms with Gasteiger partial charge in [0.05, 0.1) is 17.7 Å². The summed E-state index contributed by atoms with van der Waals surface area (Å²) in [6.07, 6.45) is 0. The van der Waals surface area contributed by atoms with Crippen molar-refractivity contribution in [1.82, 2.24) is 20.3 Å². The van der Waals surface area contributed by atoms with Crippen LogP contribution >= 0.6 is 11.6 Å². The molecule has 2 heterocycles. The zero-order chi connectivity index (χ0) is 21.9. The van der Waals surface area contributed by atoms with E-state index in [1.807, 2.05) is 0 Å². The van der Waals surface area contributed by atoms with Gasteiger partial charge in [0, 0.05) is 23.7 Å². The van der Waals surface area contributed by atoms with Crippen LogP contribution in [0.2, 0.25) is 5.02 Å². The fraction of sp³-hybridized carbons (Fsp3) is 0.350. The highest BCUT2D eigenvalue weighted by Gasteiger charge is 2.23. The first-order valence-electron chi connectivity index (χ1n) is 9.18. The van der Waals surface area contributed by atoms with Crippen molar-refractivity contribution in [2.75, 3.05) is 6.61 Å². The highest BCUT2D eigenvalue weighted by Crippen LogP contribution is 2.28. The predicted octanol–water partition coefficient (Wildman–Crippen LogP) is 2.30. The van der Waals surface area contributed by atoms with Gasteiger partial charge in [0.25, 0.3) is 5.91 Å². The molecule has 0 spiro atoms. The Hall–Kier alpha value is -2.88. The van der Waals surface area contributed by atoms with Crippen LogP contribution in [0.15, 0.2) is 34.9 Å². The molecule has 2 aromatic heterocycles. The summed E-state index contributed by atoms with van der Waals surface area (Å²) < 4.78 is 12.4. The second-order valence-electron chi connectivity index (χ2n) is 7.37. The molecule has 0 aliphatic rings. The SMILES string of the molecule is Cn1nc(OCc2c(-c3ccc(Cl)cc3)noc2CO)cc1C(=O)NC(C)(C)CO. The van der Waals surface area contributed by atoms with Gasteiger partial charge in [-0.1, -0.05) is 28.9 Å². The Labute approximate surface area is 178 Å². The molecular weight excluding hydrogens is 412 g/mol. The van der Waals surface area contributed by atoms with Crippen LogP contribution in [0.4, 0.5) is 0 Å². The Balaban J connectivity index is 1.79. The number of benzene rings is 1. The number of hydrogen-bond donors (Lipinski definition) is 3. The normalized spacial score (nSPS) is 11.5. The van der Waals surface area contributed by atoms with E-state index >= 15 is 0 Å². The first kappa shape index (κ1) is 21.8. The monoisotopic (exact) mass is 434 g/mol. The minimum Gasteiger partial charge on any atom is -0.471 e. The molecule has 0 unspecified atom stereocenters. The minimum atomic E-state index is -0.769. The van der Waals surface area contributed by atoms with Crippen molar-refractivity contribution in [2.24, 2.45) is 7.05 Å². The number of carbonyl (C=O) groups excluding carboxylic acids is 1. The molecule has 0 saturated heterocycles. The molecule has 0 aliphatic heterocycles. The van der Waals surface area contributed by atoms with Crippen LogP contribution in [0.25, 0.3) is 11.3 Å². The standard InChI is InChI=1S/C20H23ClN4O5/c1-20(2,11-27)22-19(28)15-8-17(23-25(15)3)29-10-14-16(9-26)30-24-18(14)12-4-6-13(21)7-5-12/h4-8,26-27H,9-11H2,1-3H3,(H,22,28). The lowest BCUT2D eigenvalue weighted by Crippen LogP contribution is -2.46. The summed E-state index contributed by atoms with van der Waals surface area (Å²) in [6.45, 7) is 2.90. The van der Waals surface area contributed by atoms with Crippen molar-refractivity contribution in [3.05, 3.63) is 52.4 Å². The molecule has 3 aromatic rings. The van der Waals surface area contributed by atoms with Crippen molar-refractivity contribution in [1.29, 1.82) is 0 Å². The third kappa shape index (κ3) is 4.81. The zero-order valence-corrected chi connectivity index (χ0v) is 17.6. The zero-order valence-electron chi connectivity index (χ0n) is 16.8. The number of halogens is 1. The Bertz CT molecular complexity index is 1030. The number of amides is 1. The summed E-state index contributed by atoms with van der Waals surface area (Å²) >= 11 is 5.94. The van der Waals surface area contributed by atoms with Crippen LogP contribution < -0.4 is 10.1 Å². The summed E-state index contributed by atoms with van der Waals surface area (Å²) in [6, 6.07) is 8.53. The number of carbonyl (C=O) groups is 1. The van der Waals surface area contributed by atoms with E-state index in [9.17, 15) is 15.0 Å². The second-order valence-corrected chi connectivity index (χ2v) is 7.81. The highest BCUT2D eigenvalue weighted by molar-refractivity contribution is 6.30. The first-order chi connectivity index (χ1) is 14.2. The average molecular weight is 435 g/mol. The fourth-order valence-electron chi connectivity index (χ4n) is 2.73. The van der Waals surface area contributed by atoms with Gasteiger partial charge in [0.15, 0.2) is 5.76 Å². The maximum absolute atomic E-state index is 12.4. The lowest BCUT2D eigenvalue weighted by Gasteiger charge is -2.23. The lowest BCUT2D eigenvalue weighted by atomic mass is 10.1. The number of hydrogen-bond acceptors (Lipinski definition) is 7. The average Bonchev–Trinajstić information content (AvgIpc) is 3.29. The number of aromatic nitrogens is 3. The molecule has 1 amide bonds. The summed E-state index contributed by atoms with van der Waals surface area (Å²) in [5.74, 6) is 0.108. The first-order valence-corrected chi connectivity index (χ1v) is 9.56. The number of nitrogens with one attached hydrogen (secondary N) is 1. The summed E-state index contributed by atoms with van der Waals surface area (Å²) in [4.78, 5) is 12.4. The van der Waals surface area contributed by atoms with Crippen LogP contribution in [-0.2, 0) is 20.3 Å². The number of nitrogens with zero attached hydrogens (tertiary/aromatic N) is 3. The van der Waals surface area contributed by atoms with Crippen LogP contribution in [0.1, 0.15) is 35.7 Å². The van der Waals surface area contributed by atoms with Gasteiger partial charge < -0.3 is 24.8 Å². The quantitative estimate of drug-likeness (QED) is 0.497. The minimum absolute atomic E-state index is 0.0254. The van der Waals surface area contributed by atoms with Gasteiger partial charge in [0.1, 0.15) is 24.6 Å². The lowest BCUT2D eigenvalue weighted by molar-refractivity contribution is 0.0859. The largest absolute Gasteiger partial charge is 0.471 e. The van der Waals surface area contributed by atoms with Gasteiger partial charge in [0.2, 0.25) is 5.88 Å². The van der Waals surface area contributed by atoms with E-state index in [1.165, 1.54) is 10.7 Å². The topological polar surface area (TPSA) is 123 Å². The van der Waals surface area contributed by atoms with E-state index < -0.39 is 5.54 Å². The molecule has 30 heavy (non-hydrogen) atoms. The van der Waals surface area contributed by atoms with Gasteiger partial charge in [-0.3, -0.25) is 9.48 Å². The fourth-order valence-corrected chi connectivity index (χ4v) is 2.86. The van der Waals surface area contributed by atoms with Gasteiger partial charge in [-0.05, 0) is 26.0 Å². The molecule has 3 rings (SSSR count). The molecule has 0 saturated carbocycles. The smallest absolute Gasteiger partial charge is 0.270 e. The third-order valence-corrected chi connectivity index (χ3v) is 4.68. The van der Waals surface area contributed by atoms with Gasteiger partial charge in [-0.15, -0.1) is 5.10 Å². The van der Waals surface area contributed by atoms with E-state index in [1.54, 1.807) is 45.2 Å². The molecule has 0 radical (unpaired) electrons. The number of aryl methyl sites for hydroxylation is 1. The summed E-state index contributed by atoms with van der Waals surface area (Å²) in [7, 11) is 1.62. The van der Waals surface area contributed by atoms with E-state index in [2.05, 4.69) is 15.6 Å². The molecule has 0 atom stereocenters. The van der Waals surface area contributed by atoms with Crippen LogP contribution in [0.5, 0.6) is 5.88 Å². The Kier molecular flexibility index (Phi) is 6.45. The predicted molar refractivity (Wildman–Crippen MR) is 109 cm³/mol. The van der Waals surface area contributed by atoms with Crippen LogP contribution in [0.3, 0.4) is 0 Å². The molecule has 1 aromatic carbocycles. The van der Waals surface area contributed by atoms with E-state index in [0.717, 1.165) is 5.56 Å². The number of aliphatic hydroxyl groups is 2. The molecule has 0 fully saturated rings. The number of aliphatic hydroxyl groups excluding tert-OH is 2. The molecule has 10 heteroatoms. The van der Waals surface area contributed by atoms with Crippen molar-refractivity contribution >= 4 is 17.5 Å². The Morgan fingerprint density at radius 1 is 1.30 bits per heavy atom. The maximum atomic E-state index is 12.4. The van der Waals surface area contributed by atoms with E-state index in [4.69, 9.17) is 20.9 Å². The Morgan fingerprint density at radius 3 is 2.63 bits per heavy atom. The van der Waals surface area contributed by atoms with Gasteiger partial charge in [-0.2, -0.15) is 0 Å². The highest BCUT2D eigenvalue weighted by atomic mass is 35.5. The third-order valence-electron chi connectivity index (χ3n) is 4.43. The van der Waals surface area contributed by atoms with Gasteiger partial charge in [-0.25, -0.2) is 0 Å². The summed E-state index contributed by atoms with van der Waals surface area (Å²) in [5.41, 5.74) is 1.35. The Morgan fingerprint density at radius 2 is 2.00 bits per heavy atom. The van der Waals surface area contributed by atoms with Crippen molar-refractivity contribution in [2.45, 2.75) is 32.6 Å². The maximum Gasteiger partial charge on any atom is 0.270 e. The van der Waals surface area contributed by atoms with Crippen molar-refractivity contribution in [3.8, 4) is 17.1 Å². The van der Waals surface area contributed by atoms with Crippen molar-refractivity contribution in [3.63, 3.8) is 0 Å². The number of ether oxygens (including phenoxy) is 1. The van der Waals surface area contributed by atoms with Crippen LogP contribution in [0, 0.1) is 0 Å². The molecule has 160 valence electrons. The number of rotatable bonds is 8. The molecular formula is C20H23ClN4O5. The molecule has 9 nitrogen and oxygen atoms in total. The van der Waals surface area contributed by atoms with Crippen molar-refractivity contribution < 1.29 is 24.3 Å². The van der Waals surface area contributed by atoms with E-state index in [-0.39, 0.29) is 43.1 Å². The molecule has 0 bridgehead atoms. The molecule has 0 aliphatic carbocycles. The van der Waals surface area contributed by atoms with Gasteiger partial charge >= 0.3 is 0 Å². The van der Waals surface area contributed by atoms with Crippen LogP contribution in [-0.4, -0.2) is 43.2 Å².